The van der Waals surface area contributed by atoms with Crippen LogP contribution in [0.4, 0.5) is 5.69 Å². The van der Waals surface area contributed by atoms with E-state index in [1.54, 1.807) is 24.3 Å². The van der Waals surface area contributed by atoms with Crippen molar-refractivity contribution in [2.45, 2.75) is 55.4 Å². The number of hydrogen-bond donors (Lipinski definition) is 3. The number of hydrogen-bond acceptors (Lipinski definition) is 2. The zero-order valence-electron chi connectivity index (χ0n) is 14.5. The van der Waals surface area contributed by atoms with Crippen LogP contribution in [0.3, 0.4) is 0 Å². The van der Waals surface area contributed by atoms with E-state index < -0.39 is 9.96 Å². The number of unbranched alkanes of at least 4 members (excludes halogenated alkanes) is 4. The maximum Gasteiger partial charge on any atom is 0.228 e. The van der Waals surface area contributed by atoms with Crippen molar-refractivity contribution in [1.82, 2.24) is 10.6 Å². The van der Waals surface area contributed by atoms with Gasteiger partial charge in [-0.15, -0.1) is 0 Å². The molecule has 146 valence electrons. The molecule has 0 saturated heterocycles. The monoisotopic (exact) mass is 457 g/mol. The Bertz CT molecular complexity index is 596. The van der Waals surface area contributed by atoms with Crippen LogP contribution in [0.15, 0.2) is 24.3 Å². The molecule has 9 heteroatoms. The SMILES string of the molecule is CCCCCCCC(=O)N[C@H](NC(=S)Nc1cccc(Cl)c1)C(Cl)(Cl)Cl. The second-order valence-electron chi connectivity index (χ2n) is 5.82. The molecule has 0 aliphatic heterocycles. The molecule has 0 spiro atoms. The van der Waals surface area contributed by atoms with E-state index in [-0.39, 0.29) is 11.0 Å². The Hall–Kier alpha value is -0.460. The number of rotatable bonds is 9. The summed E-state index contributed by atoms with van der Waals surface area (Å²) >= 11 is 29.0. The van der Waals surface area contributed by atoms with Crippen molar-refractivity contribution < 1.29 is 4.79 Å². The molecule has 0 unspecified atom stereocenters. The number of amides is 1. The Balaban J connectivity index is 2.53. The third kappa shape index (κ3) is 10.0. The van der Waals surface area contributed by atoms with Crippen LogP contribution >= 0.6 is 58.6 Å². The van der Waals surface area contributed by atoms with Gasteiger partial charge in [0.25, 0.3) is 0 Å². The van der Waals surface area contributed by atoms with Gasteiger partial charge in [0.05, 0.1) is 0 Å². The summed E-state index contributed by atoms with van der Waals surface area (Å²) in [5, 5.41) is 9.19. The molecular weight excluding hydrogens is 436 g/mol. The Morgan fingerprint density at radius 3 is 2.46 bits per heavy atom. The minimum absolute atomic E-state index is 0.198. The molecular formula is C17H23Cl4N3OS. The Morgan fingerprint density at radius 1 is 1.15 bits per heavy atom. The van der Waals surface area contributed by atoms with E-state index in [1.165, 1.54) is 6.42 Å². The van der Waals surface area contributed by atoms with E-state index in [4.69, 9.17) is 58.6 Å². The first-order valence-corrected chi connectivity index (χ1v) is 10.3. The van der Waals surface area contributed by atoms with E-state index >= 15 is 0 Å². The van der Waals surface area contributed by atoms with Gasteiger partial charge in [-0.1, -0.05) is 85.1 Å². The summed E-state index contributed by atoms with van der Waals surface area (Å²) in [6.07, 6.45) is 4.65. The van der Waals surface area contributed by atoms with Gasteiger partial charge in [0.15, 0.2) is 5.11 Å². The van der Waals surface area contributed by atoms with E-state index in [9.17, 15) is 4.79 Å². The van der Waals surface area contributed by atoms with Crippen LogP contribution in [0, 0.1) is 0 Å². The molecule has 0 aromatic heterocycles. The predicted octanol–water partition coefficient (Wildman–Crippen LogP) is 5.80. The van der Waals surface area contributed by atoms with E-state index in [1.807, 2.05) is 0 Å². The van der Waals surface area contributed by atoms with Gasteiger partial charge in [-0.2, -0.15) is 0 Å². The fraction of sp³-hybridized carbons (Fsp3) is 0.529. The van der Waals surface area contributed by atoms with Crippen LogP contribution in [0.1, 0.15) is 45.4 Å². The third-order valence-electron chi connectivity index (χ3n) is 3.50. The highest BCUT2D eigenvalue weighted by Gasteiger charge is 2.34. The normalized spacial score (nSPS) is 12.3. The van der Waals surface area contributed by atoms with Crippen LogP contribution in [-0.2, 0) is 4.79 Å². The molecule has 1 rings (SSSR count). The molecule has 1 amide bonds. The summed E-state index contributed by atoms with van der Waals surface area (Å²) in [5.41, 5.74) is 0.681. The third-order valence-corrected chi connectivity index (χ3v) is 4.61. The molecule has 0 aliphatic carbocycles. The van der Waals surface area contributed by atoms with E-state index in [2.05, 4.69) is 22.9 Å². The summed E-state index contributed by atoms with van der Waals surface area (Å²) < 4.78 is -1.77. The Morgan fingerprint density at radius 2 is 1.85 bits per heavy atom. The van der Waals surface area contributed by atoms with Crippen LogP contribution in [-0.4, -0.2) is 21.0 Å². The van der Waals surface area contributed by atoms with Gasteiger partial charge in [0, 0.05) is 17.1 Å². The van der Waals surface area contributed by atoms with Gasteiger partial charge in [0.2, 0.25) is 9.70 Å². The largest absolute Gasteiger partial charge is 0.339 e. The minimum atomic E-state index is -1.77. The van der Waals surface area contributed by atoms with Crippen molar-refractivity contribution in [3.8, 4) is 0 Å². The number of carbonyl (C=O) groups is 1. The smallest absolute Gasteiger partial charge is 0.228 e. The van der Waals surface area contributed by atoms with Gasteiger partial charge in [-0.3, -0.25) is 4.79 Å². The van der Waals surface area contributed by atoms with Crippen molar-refractivity contribution in [3.05, 3.63) is 29.3 Å². The lowest BCUT2D eigenvalue weighted by Crippen LogP contribution is -2.56. The molecule has 0 radical (unpaired) electrons. The zero-order chi connectivity index (χ0) is 19.6. The number of nitrogens with one attached hydrogen (secondary N) is 3. The Labute approximate surface area is 180 Å². The average Bonchev–Trinajstić information content (AvgIpc) is 2.53. The summed E-state index contributed by atoms with van der Waals surface area (Å²) in [7, 11) is 0. The maximum absolute atomic E-state index is 12.1. The molecule has 1 atom stereocenters. The summed E-state index contributed by atoms with van der Waals surface area (Å²) in [6, 6.07) is 7.02. The molecule has 4 nitrogen and oxygen atoms in total. The zero-order valence-corrected chi connectivity index (χ0v) is 18.3. The van der Waals surface area contributed by atoms with Gasteiger partial charge < -0.3 is 16.0 Å². The molecule has 26 heavy (non-hydrogen) atoms. The molecule has 0 fully saturated rings. The van der Waals surface area contributed by atoms with Crippen LogP contribution in [0.2, 0.25) is 5.02 Å². The highest BCUT2D eigenvalue weighted by Crippen LogP contribution is 2.29. The number of thiocarbonyl (C=S) groups is 1. The lowest BCUT2D eigenvalue weighted by Gasteiger charge is -2.27. The summed E-state index contributed by atoms with van der Waals surface area (Å²) in [5.74, 6) is -0.198. The summed E-state index contributed by atoms with van der Waals surface area (Å²) in [4.78, 5) is 12.1. The maximum atomic E-state index is 12.1. The minimum Gasteiger partial charge on any atom is -0.339 e. The van der Waals surface area contributed by atoms with Crippen LogP contribution in [0.25, 0.3) is 0 Å². The molecule has 1 aromatic rings. The topological polar surface area (TPSA) is 53.2 Å². The molecule has 3 N–H and O–H groups in total. The number of anilines is 1. The summed E-state index contributed by atoms with van der Waals surface area (Å²) in [6.45, 7) is 2.14. The molecule has 0 bridgehead atoms. The van der Waals surface area contributed by atoms with Crippen molar-refractivity contribution in [1.29, 1.82) is 0 Å². The van der Waals surface area contributed by atoms with Gasteiger partial charge in [-0.25, -0.2) is 0 Å². The average molecular weight is 459 g/mol. The van der Waals surface area contributed by atoms with E-state index in [0.717, 1.165) is 25.7 Å². The lowest BCUT2D eigenvalue weighted by molar-refractivity contribution is -0.122. The quantitative estimate of drug-likeness (QED) is 0.189. The van der Waals surface area contributed by atoms with Crippen molar-refractivity contribution in [2.24, 2.45) is 0 Å². The van der Waals surface area contributed by atoms with Crippen molar-refractivity contribution in [3.63, 3.8) is 0 Å². The number of benzene rings is 1. The predicted molar refractivity (Wildman–Crippen MR) is 116 cm³/mol. The number of halogens is 4. The van der Waals surface area contributed by atoms with Gasteiger partial charge in [0.1, 0.15) is 6.17 Å². The molecule has 0 aliphatic rings. The second-order valence-corrected chi connectivity index (χ2v) is 9.03. The molecule has 0 heterocycles. The Kier molecular flexibility index (Phi) is 11.0. The highest BCUT2D eigenvalue weighted by molar-refractivity contribution is 7.80. The van der Waals surface area contributed by atoms with Crippen LogP contribution in [0.5, 0.6) is 0 Å². The first-order valence-electron chi connectivity index (χ1n) is 8.41. The van der Waals surface area contributed by atoms with Crippen molar-refractivity contribution in [2.75, 3.05) is 5.32 Å². The van der Waals surface area contributed by atoms with E-state index in [0.29, 0.717) is 17.1 Å². The fourth-order valence-corrected chi connectivity index (χ4v) is 2.94. The highest BCUT2D eigenvalue weighted by atomic mass is 35.6. The first kappa shape index (κ1) is 23.6. The number of carbonyl (C=O) groups excluding carboxylic acids is 1. The first-order chi connectivity index (χ1) is 12.2. The second kappa shape index (κ2) is 12.1. The van der Waals surface area contributed by atoms with Crippen molar-refractivity contribution >= 4 is 75.3 Å². The fourth-order valence-electron chi connectivity index (χ4n) is 2.19. The lowest BCUT2D eigenvalue weighted by atomic mass is 10.1. The van der Waals surface area contributed by atoms with Gasteiger partial charge >= 0.3 is 0 Å². The number of alkyl halides is 3. The van der Waals surface area contributed by atoms with Crippen LogP contribution < -0.4 is 16.0 Å². The van der Waals surface area contributed by atoms with Gasteiger partial charge in [-0.05, 0) is 36.8 Å². The molecule has 0 saturated carbocycles. The molecule has 1 aromatic carbocycles. The standard InChI is InChI=1S/C17H23Cl4N3OS/c1-2-3-4-5-6-10-14(25)23-15(17(19,20)21)24-16(26)22-13-9-7-8-12(18)11-13/h7-9,11,15H,2-6,10H2,1H3,(H,23,25)(H2,22,24,26)/t15-/m1/s1.